The van der Waals surface area contributed by atoms with Gasteiger partial charge in [0.05, 0.1) is 25.8 Å². The standard InChI is InChI=1S/C22H30N2O6/c1-14(21(26)23-16-7-5-4-6-8-16)30-22(27)15-11-20(25)24(13-15)18-10-9-17(28-2)12-19(18)29-3/h9-10,12,14-16H,4-8,11,13H2,1-3H3,(H,23,26)/t14-,15+/m1/s1. The smallest absolute Gasteiger partial charge is 0.312 e. The van der Waals surface area contributed by atoms with E-state index in [2.05, 4.69) is 5.32 Å². The minimum absolute atomic E-state index is 0.0327. The molecule has 2 atom stereocenters. The Morgan fingerprint density at radius 1 is 1.13 bits per heavy atom. The first kappa shape index (κ1) is 21.9. The Bertz CT molecular complexity index is 790. The number of carbonyl (C=O) groups is 3. The van der Waals surface area contributed by atoms with Crippen LogP contribution in [0.15, 0.2) is 18.2 Å². The van der Waals surface area contributed by atoms with Gasteiger partial charge in [-0.1, -0.05) is 19.3 Å². The number of methoxy groups -OCH3 is 2. The van der Waals surface area contributed by atoms with Crippen molar-refractivity contribution in [3.05, 3.63) is 18.2 Å². The highest BCUT2D eigenvalue weighted by molar-refractivity contribution is 6.01. The van der Waals surface area contributed by atoms with Crippen molar-refractivity contribution in [2.45, 2.75) is 57.6 Å². The van der Waals surface area contributed by atoms with E-state index in [-0.39, 0.29) is 30.8 Å². The number of hydrogen-bond acceptors (Lipinski definition) is 6. The lowest BCUT2D eigenvalue weighted by Crippen LogP contribution is -2.43. The van der Waals surface area contributed by atoms with Gasteiger partial charge < -0.3 is 24.4 Å². The molecule has 2 amide bonds. The number of benzene rings is 1. The van der Waals surface area contributed by atoms with Crippen LogP contribution in [0.5, 0.6) is 11.5 Å². The van der Waals surface area contributed by atoms with Gasteiger partial charge in [0.1, 0.15) is 11.5 Å². The normalized spacial score (nSPS) is 20.6. The molecule has 2 aliphatic rings. The van der Waals surface area contributed by atoms with Crippen LogP contribution in [-0.4, -0.2) is 50.7 Å². The van der Waals surface area contributed by atoms with Crippen LogP contribution < -0.4 is 19.7 Å². The third-order valence-electron chi connectivity index (χ3n) is 5.75. The van der Waals surface area contributed by atoms with Gasteiger partial charge in [0, 0.05) is 25.1 Å². The van der Waals surface area contributed by atoms with Crippen LogP contribution in [0.4, 0.5) is 5.69 Å². The first-order chi connectivity index (χ1) is 14.4. The van der Waals surface area contributed by atoms with Crippen molar-refractivity contribution in [3.8, 4) is 11.5 Å². The second-order valence-corrected chi connectivity index (χ2v) is 7.87. The number of ether oxygens (including phenoxy) is 3. The van der Waals surface area contributed by atoms with E-state index in [1.807, 2.05) is 0 Å². The summed E-state index contributed by atoms with van der Waals surface area (Å²) in [5.74, 6) is -0.556. The lowest BCUT2D eigenvalue weighted by atomic mass is 9.95. The number of esters is 1. The van der Waals surface area contributed by atoms with E-state index in [1.54, 1.807) is 32.2 Å². The molecule has 1 N–H and O–H groups in total. The third-order valence-corrected chi connectivity index (χ3v) is 5.75. The predicted molar refractivity (Wildman–Crippen MR) is 111 cm³/mol. The number of rotatable bonds is 7. The molecule has 0 spiro atoms. The van der Waals surface area contributed by atoms with Crippen molar-refractivity contribution in [1.29, 1.82) is 0 Å². The topological polar surface area (TPSA) is 94.2 Å². The number of nitrogens with zero attached hydrogens (tertiary/aromatic N) is 1. The molecule has 0 radical (unpaired) electrons. The fraction of sp³-hybridized carbons (Fsp3) is 0.591. The summed E-state index contributed by atoms with van der Waals surface area (Å²) in [4.78, 5) is 39.0. The zero-order valence-electron chi connectivity index (χ0n) is 17.8. The number of hydrogen-bond donors (Lipinski definition) is 1. The van der Waals surface area contributed by atoms with Crippen LogP contribution in [0, 0.1) is 5.92 Å². The van der Waals surface area contributed by atoms with Crippen molar-refractivity contribution in [2.24, 2.45) is 5.92 Å². The van der Waals surface area contributed by atoms with E-state index in [4.69, 9.17) is 14.2 Å². The zero-order chi connectivity index (χ0) is 21.7. The highest BCUT2D eigenvalue weighted by Gasteiger charge is 2.38. The lowest BCUT2D eigenvalue weighted by Gasteiger charge is -2.24. The average Bonchev–Trinajstić information content (AvgIpc) is 3.15. The van der Waals surface area contributed by atoms with Crippen LogP contribution in [0.2, 0.25) is 0 Å². The Labute approximate surface area is 176 Å². The third kappa shape index (κ3) is 5.04. The maximum absolute atomic E-state index is 12.6. The second kappa shape index (κ2) is 9.82. The van der Waals surface area contributed by atoms with E-state index >= 15 is 0 Å². The number of anilines is 1. The van der Waals surface area contributed by atoms with E-state index in [9.17, 15) is 14.4 Å². The van der Waals surface area contributed by atoms with Gasteiger partial charge in [-0.25, -0.2) is 0 Å². The SMILES string of the molecule is COc1ccc(N2C[C@@H](C(=O)O[C@H](C)C(=O)NC3CCCCC3)CC2=O)c(OC)c1. The quantitative estimate of drug-likeness (QED) is 0.684. The molecule has 1 saturated heterocycles. The molecule has 30 heavy (non-hydrogen) atoms. The summed E-state index contributed by atoms with van der Waals surface area (Å²) in [6.07, 6.45) is 4.47. The Kier molecular flexibility index (Phi) is 7.18. The molecule has 1 aromatic carbocycles. The Morgan fingerprint density at radius 3 is 2.53 bits per heavy atom. The Hall–Kier alpha value is -2.77. The van der Waals surface area contributed by atoms with Gasteiger partial charge in [-0.15, -0.1) is 0 Å². The summed E-state index contributed by atoms with van der Waals surface area (Å²) in [6.45, 7) is 1.74. The molecular weight excluding hydrogens is 388 g/mol. The van der Waals surface area contributed by atoms with Crippen molar-refractivity contribution < 1.29 is 28.6 Å². The lowest BCUT2D eigenvalue weighted by molar-refractivity contribution is -0.158. The van der Waals surface area contributed by atoms with Gasteiger partial charge >= 0.3 is 5.97 Å². The molecule has 0 unspecified atom stereocenters. The molecule has 8 nitrogen and oxygen atoms in total. The van der Waals surface area contributed by atoms with Crippen LogP contribution in [-0.2, 0) is 19.1 Å². The molecule has 1 saturated carbocycles. The summed E-state index contributed by atoms with van der Waals surface area (Å²) in [5, 5.41) is 2.96. The number of nitrogens with one attached hydrogen (secondary N) is 1. The monoisotopic (exact) mass is 418 g/mol. The first-order valence-corrected chi connectivity index (χ1v) is 10.5. The van der Waals surface area contributed by atoms with Gasteiger partial charge in [0.25, 0.3) is 5.91 Å². The van der Waals surface area contributed by atoms with Gasteiger partial charge in [0.2, 0.25) is 5.91 Å². The summed E-state index contributed by atoms with van der Waals surface area (Å²) in [6, 6.07) is 5.29. The predicted octanol–water partition coefficient (Wildman–Crippen LogP) is 2.44. The molecule has 0 aromatic heterocycles. The Balaban J connectivity index is 1.59. The van der Waals surface area contributed by atoms with Crippen LogP contribution >= 0.6 is 0 Å². The van der Waals surface area contributed by atoms with Crippen LogP contribution in [0.3, 0.4) is 0 Å². The van der Waals surface area contributed by atoms with Crippen molar-refractivity contribution in [1.82, 2.24) is 5.32 Å². The van der Waals surface area contributed by atoms with Crippen molar-refractivity contribution >= 4 is 23.5 Å². The summed E-state index contributed by atoms with van der Waals surface area (Å²) in [5.41, 5.74) is 0.571. The Morgan fingerprint density at radius 2 is 1.87 bits per heavy atom. The molecule has 164 valence electrons. The van der Waals surface area contributed by atoms with Gasteiger partial charge in [0.15, 0.2) is 6.10 Å². The van der Waals surface area contributed by atoms with Crippen molar-refractivity contribution in [2.75, 3.05) is 25.7 Å². The molecule has 1 aliphatic heterocycles. The summed E-state index contributed by atoms with van der Waals surface area (Å²) < 4.78 is 15.9. The fourth-order valence-electron chi connectivity index (χ4n) is 4.00. The highest BCUT2D eigenvalue weighted by Crippen LogP contribution is 2.36. The molecule has 1 aromatic rings. The molecule has 1 heterocycles. The molecule has 8 heteroatoms. The van der Waals surface area contributed by atoms with E-state index in [1.165, 1.54) is 18.4 Å². The maximum atomic E-state index is 12.6. The molecule has 1 aliphatic carbocycles. The highest BCUT2D eigenvalue weighted by atomic mass is 16.5. The minimum atomic E-state index is -0.890. The van der Waals surface area contributed by atoms with Crippen molar-refractivity contribution in [3.63, 3.8) is 0 Å². The molecule has 2 fully saturated rings. The fourth-order valence-corrected chi connectivity index (χ4v) is 4.00. The molecule has 3 rings (SSSR count). The number of carbonyl (C=O) groups excluding carboxylic acids is 3. The minimum Gasteiger partial charge on any atom is -0.497 e. The van der Waals surface area contributed by atoms with E-state index in [0.29, 0.717) is 17.2 Å². The van der Waals surface area contributed by atoms with E-state index < -0.39 is 18.0 Å². The van der Waals surface area contributed by atoms with Crippen LogP contribution in [0.25, 0.3) is 0 Å². The molecule has 0 bridgehead atoms. The number of amides is 2. The zero-order valence-corrected chi connectivity index (χ0v) is 17.8. The first-order valence-electron chi connectivity index (χ1n) is 10.5. The molecular formula is C22H30N2O6. The largest absolute Gasteiger partial charge is 0.497 e. The van der Waals surface area contributed by atoms with Crippen LogP contribution in [0.1, 0.15) is 45.4 Å². The van der Waals surface area contributed by atoms with Gasteiger partial charge in [-0.2, -0.15) is 0 Å². The van der Waals surface area contributed by atoms with Gasteiger partial charge in [-0.05, 0) is 31.9 Å². The van der Waals surface area contributed by atoms with Gasteiger partial charge in [-0.3, -0.25) is 14.4 Å². The maximum Gasteiger partial charge on any atom is 0.312 e. The second-order valence-electron chi connectivity index (χ2n) is 7.87. The summed E-state index contributed by atoms with van der Waals surface area (Å²) in [7, 11) is 3.06. The van der Waals surface area contributed by atoms with E-state index in [0.717, 1.165) is 25.7 Å². The summed E-state index contributed by atoms with van der Waals surface area (Å²) >= 11 is 0. The average molecular weight is 418 g/mol.